The Balaban J connectivity index is 1.68. The van der Waals surface area contributed by atoms with Gasteiger partial charge in [-0.05, 0) is 0 Å². The van der Waals surface area contributed by atoms with Gasteiger partial charge in [-0.3, -0.25) is 9.69 Å². The molecular formula is C10H18N6O2. The standard InChI is InChI=1S/C10H18N6O2/c17-8(7-16-3-1-11-2-4-16)5-12-10(18)9-6-13-15-14-9/h6,8,11,17H,1-5,7H2,(H,12,18)(H,13,14,15)/t8-/m0/s1. The number of β-amino-alcohol motifs (C(OH)–C–C–N with tert-alkyl or cyclic N) is 1. The SMILES string of the molecule is O=C(NC[C@H](O)CN1CCNCC1)c1cn[nH]n1. The first-order valence-electron chi connectivity index (χ1n) is 6.01. The first-order valence-corrected chi connectivity index (χ1v) is 6.01. The van der Waals surface area contributed by atoms with Gasteiger partial charge in [-0.25, -0.2) is 0 Å². The van der Waals surface area contributed by atoms with Crippen LogP contribution in [0.5, 0.6) is 0 Å². The minimum Gasteiger partial charge on any atom is -0.390 e. The number of carbonyl (C=O) groups is 1. The number of aromatic amines is 1. The second-order valence-electron chi connectivity index (χ2n) is 4.27. The molecule has 0 spiro atoms. The van der Waals surface area contributed by atoms with E-state index >= 15 is 0 Å². The summed E-state index contributed by atoms with van der Waals surface area (Å²) in [5, 5.41) is 25.3. The first kappa shape index (κ1) is 12.9. The summed E-state index contributed by atoms with van der Waals surface area (Å²) in [5.41, 5.74) is 0.226. The summed E-state index contributed by atoms with van der Waals surface area (Å²) in [7, 11) is 0. The van der Waals surface area contributed by atoms with Crippen LogP contribution in [-0.2, 0) is 0 Å². The highest BCUT2D eigenvalue weighted by Crippen LogP contribution is 1.95. The molecule has 0 aromatic carbocycles. The third-order valence-electron chi connectivity index (χ3n) is 2.82. The van der Waals surface area contributed by atoms with Gasteiger partial charge in [0.05, 0.1) is 12.3 Å². The van der Waals surface area contributed by atoms with E-state index in [2.05, 4.69) is 30.9 Å². The fourth-order valence-electron chi connectivity index (χ4n) is 1.87. The van der Waals surface area contributed by atoms with Gasteiger partial charge in [-0.2, -0.15) is 15.4 Å². The van der Waals surface area contributed by atoms with Crippen LogP contribution in [0.2, 0.25) is 0 Å². The number of rotatable bonds is 5. The summed E-state index contributed by atoms with van der Waals surface area (Å²) in [4.78, 5) is 13.7. The Labute approximate surface area is 105 Å². The molecule has 100 valence electrons. The van der Waals surface area contributed by atoms with Crippen LogP contribution in [0.4, 0.5) is 0 Å². The van der Waals surface area contributed by atoms with Crippen LogP contribution in [0.25, 0.3) is 0 Å². The smallest absolute Gasteiger partial charge is 0.273 e. The van der Waals surface area contributed by atoms with Crippen molar-refractivity contribution < 1.29 is 9.90 Å². The molecule has 0 unspecified atom stereocenters. The number of aliphatic hydroxyl groups excluding tert-OH is 1. The molecule has 0 bridgehead atoms. The van der Waals surface area contributed by atoms with Crippen molar-refractivity contribution in [2.75, 3.05) is 39.3 Å². The predicted molar refractivity (Wildman–Crippen MR) is 64.0 cm³/mol. The molecule has 18 heavy (non-hydrogen) atoms. The lowest BCUT2D eigenvalue weighted by atomic mass is 10.2. The monoisotopic (exact) mass is 254 g/mol. The van der Waals surface area contributed by atoms with E-state index in [-0.39, 0.29) is 18.1 Å². The number of H-pyrrole nitrogens is 1. The molecule has 1 saturated heterocycles. The number of piperazine rings is 1. The number of carbonyl (C=O) groups excluding carboxylic acids is 1. The second kappa shape index (κ2) is 6.43. The first-order chi connectivity index (χ1) is 8.75. The molecule has 1 fully saturated rings. The maximum Gasteiger partial charge on any atom is 0.273 e. The van der Waals surface area contributed by atoms with Crippen molar-refractivity contribution in [1.82, 2.24) is 30.9 Å². The van der Waals surface area contributed by atoms with Crippen molar-refractivity contribution in [3.05, 3.63) is 11.9 Å². The van der Waals surface area contributed by atoms with Crippen molar-refractivity contribution in [2.24, 2.45) is 0 Å². The highest BCUT2D eigenvalue weighted by molar-refractivity contribution is 5.91. The van der Waals surface area contributed by atoms with E-state index in [0.29, 0.717) is 6.54 Å². The zero-order valence-corrected chi connectivity index (χ0v) is 10.1. The molecule has 8 nitrogen and oxygen atoms in total. The van der Waals surface area contributed by atoms with E-state index in [1.165, 1.54) is 6.20 Å². The Kier molecular flexibility index (Phi) is 4.62. The van der Waals surface area contributed by atoms with Gasteiger partial charge in [-0.15, -0.1) is 0 Å². The zero-order valence-electron chi connectivity index (χ0n) is 10.1. The number of aromatic nitrogens is 3. The van der Waals surface area contributed by atoms with Gasteiger partial charge in [0.15, 0.2) is 5.69 Å². The van der Waals surface area contributed by atoms with Crippen molar-refractivity contribution in [3.8, 4) is 0 Å². The van der Waals surface area contributed by atoms with Crippen LogP contribution >= 0.6 is 0 Å². The molecule has 1 aromatic rings. The summed E-state index contributed by atoms with van der Waals surface area (Å²) < 4.78 is 0. The van der Waals surface area contributed by atoms with Gasteiger partial charge in [0.25, 0.3) is 5.91 Å². The summed E-state index contributed by atoms with van der Waals surface area (Å²) in [6.07, 6.45) is 0.775. The quantitative estimate of drug-likeness (QED) is 0.475. The van der Waals surface area contributed by atoms with Gasteiger partial charge < -0.3 is 15.7 Å². The van der Waals surface area contributed by atoms with Crippen LogP contribution in [-0.4, -0.2) is 76.7 Å². The van der Waals surface area contributed by atoms with Gasteiger partial charge in [-0.1, -0.05) is 0 Å². The number of hydrogen-bond donors (Lipinski definition) is 4. The average molecular weight is 254 g/mol. The van der Waals surface area contributed by atoms with Gasteiger partial charge >= 0.3 is 0 Å². The lowest BCUT2D eigenvalue weighted by Gasteiger charge is -2.29. The molecule has 1 aliphatic rings. The van der Waals surface area contributed by atoms with Gasteiger partial charge in [0.2, 0.25) is 0 Å². The maximum absolute atomic E-state index is 11.5. The molecule has 1 amide bonds. The van der Waals surface area contributed by atoms with E-state index in [4.69, 9.17) is 0 Å². The molecule has 4 N–H and O–H groups in total. The minimum absolute atomic E-state index is 0.218. The van der Waals surface area contributed by atoms with Crippen LogP contribution in [0.15, 0.2) is 6.20 Å². The summed E-state index contributed by atoms with van der Waals surface area (Å²) in [6, 6.07) is 0. The van der Waals surface area contributed by atoms with E-state index in [1.54, 1.807) is 0 Å². The Hall–Kier alpha value is -1.51. The second-order valence-corrected chi connectivity index (χ2v) is 4.27. The fraction of sp³-hybridized carbons (Fsp3) is 0.700. The zero-order chi connectivity index (χ0) is 12.8. The largest absolute Gasteiger partial charge is 0.390 e. The molecular weight excluding hydrogens is 236 g/mol. The van der Waals surface area contributed by atoms with E-state index in [1.807, 2.05) is 0 Å². The fourth-order valence-corrected chi connectivity index (χ4v) is 1.87. The third-order valence-corrected chi connectivity index (χ3v) is 2.82. The van der Waals surface area contributed by atoms with Crippen LogP contribution in [0, 0.1) is 0 Å². The Morgan fingerprint density at radius 3 is 3.00 bits per heavy atom. The molecule has 1 aliphatic heterocycles. The highest BCUT2D eigenvalue weighted by atomic mass is 16.3. The average Bonchev–Trinajstić information content (AvgIpc) is 2.91. The normalized spacial score (nSPS) is 18.5. The molecule has 0 radical (unpaired) electrons. The van der Waals surface area contributed by atoms with E-state index in [9.17, 15) is 9.90 Å². The van der Waals surface area contributed by atoms with Crippen LogP contribution < -0.4 is 10.6 Å². The highest BCUT2D eigenvalue weighted by Gasteiger charge is 2.15. The summed E-state index contributed by atoms with van der Waals surface area (Å²) >= 11 is 0. The minimum atomic E-state index is -0.570. The summed E-state index contributed by atoms with van der Waals surface area (Å²) in [6.45, 7) is 4.52. The molecule has 1 aromatic heterocycles. The maximum atomic E-state index is 11.5. The Morgan fingerprint density at radius 2 is 2.33 bits per heavy atom. The molecule has 0 saturated carbocycles. The third kappa shape index (κ3) is 3.76. The number of aliphatic hydroxyl groups is 1. The molecule has 8 heteroatoms. The lowest BCUT2D eigenvalue weighted by molar-refractivity contribution is 0.0838. The van der Waals surface area contributed by atoms with Crippen molar-refractivity contribution >= 4 is 5.91 Å². The van der Waals surface area contributed by atoms with Gasteiger partial charge in [0, 0.05) is 39.3 Å². The number of nitrogens with zero attached hydrogens (tertiary/aromatic N) is 3. The number of nitrogens with one attached hydrogen (secondary N) is 3. The number of amides is 1. The molecule has 1 atom stereocenters. The van der Waals surface area contributed by atoms with Crippen molar-refractivity contribution in [3.63, 3.8) is 0 Å². The summed E-state index contributed by atoms with van der Waals surface area (Å²) in [5.74, 6) is -0.330. The molecule has 0 aliphatic carbocycles. The lowest BCUT2D eigenvalue weighted by Crippen LogP contribution is -2.48. The van der Waals surface area contributed by atoms with Crippen LogP contribution in [0.1, 0.15) is 10.5 Å². The van der Waals surface area contributed by atoms with Gasteiger partial charge in [0.1, 0.15) is 0 Å². The topological polar surface area (TPSA) is 106 Å². The van der Waals surface area contributed by atoms with Crippen molar-refractivity contribution in [1.29, 1.82) is 0 Å². The van der Waals surface area contributed by atoms with E-state index < -0.39 is 6.10 Å². The van der Waals surface area contributed by atoms with E-state index in [0.717, 1.165) is 26.2 Å². The molecule has 2 rings (SSSR count). The predicted octanol–water partition coefficient (Wildman–Crippen LogP) is -2.20. The Bertz CT molecular complexity index is 362. The van der Waals surface area contributed by atoms with Crippen LogP contribution in [0.3, 0.4) is 0 Å². The molecule has 2 heterocycles. The number of hydrogen-bond acceptors (Lipinski definition) is 6. The Morgan fingerprint density at radius 1 is 1.56 bits per heavy atom. The van der Waals surface area contributed by atoms with Crippen molar-refractivity contribution in [2.45, 2.75) is 6.10 Å².